The van der Waals surface area contributed by atoms with Crippen molar-refractivity contribution in [2.75, 3.05) is 12.0 Å². The third kappa shape index (κ3) is 7.01. The number of primary amides is 1. The summed E-state index contributed by atoms with van der Waals surface area (Å²) in [6, 6.07) is 30.9. The first-order chi connectivity index (χ1) is 23.4. The predicted molar refractivity (Wildman–Crippen MR) is 190 cm³/mol. The van der Waals surface area contributed by atoms with Crippen LogP contribution >= 0.6 is 0 Å². The summed E-state index contributed by atoms with van der Waals surface area (Å²) in [5.41, 5.74) is 12.3. The van der Waals surface area contributed by atoms with Crippen LogP contribution in [0.25, 0.3) is 22.3 Å². The summed E-state index contributed by atoms with van der Waals surface area (Å²) < 4.78 is 5.34. The second-order valence-electron chi connectivity index (χ2n) is 13.2. The van der Waals surface area contributed by atoms with Gasteiger partial charge in [-0.05, 0) is 70.8 Å². The first-order valence-corrected chi connectivity index (χ1v) is 17.2. The first kappa shape index (κ1) is 33.0. The van der Waals surface area contributed by atoms with Crippen LogP contribution in [-0.4, -0.2) is 24.8 Å². The van der Waals surface area contributed by atoms with Crippen LogP contribution in [-0.2, 0) is 20.9 Å². The molecule has 0 saturated heterocycles. The third-order valence-corrected chi connectivity index (χ3v) is 10.1. The van der Waals surface area contributed by atoms with Crippen molar-refractivity contribution in [3.8, 4) is 28.0 Å². The van der Waals surface area contributed by atoms with Crippen LogP contribution in [0.4, 0.5) is 5.69 Å². The lowest BCUT2D eigenvalue weighted by Gasteiger charge is -2.30. The first-order valence-electron chi connectivity index (χ1n) is 17.2. The van der Waals surface area contributed by atoms with E-state index < -0.39 is 23.8 Å². The minimum absolute atomic E-state index is 0.221. The maximum Gasteiger partial charge on any atom is 0.254 e. The fourth-order valence-electron chi connectivity index (χ4n) is 7.62. The zero-order valence-electron chi connectivity index (χ0n) is 27.9. The molecule has 3 atom stereocenters. The summed E-state index contributed by atoms with van der Waals surface area (Å²) in [7, 11) is 1.65. The number of methoxy groups -OCH3 is 1. The van der Waals surface area contributed by atoms with E-state index in [1.54, 1.807) is 12.0 Å². The summed E-state index contributed by atoms with van der Waals surface area (Å²) in [6.45, 7) is 2.32. The quantitative estimate of drug-likeness (QED) is 0.164. The Kier molecular flexibility index (Phi) is 10.2. The summed E-state index contributed by atoms with van der Waals surface area (Å²) in [5, 5.41) is 3.18. The molecule has 1 aliphatic carbocycles. The van der Waals surface area contributed by atoms with Crippen LogP contribution < -0.4 is 20.7 Å². The molecule has 1 aliphatic heterocycles. The second-order valence-corrected chi connectivity index (χ2v) is 13.2. The molecule has 1 heterocycles. The number of anilines is 1. The molecule has 7 heteroatoms. The highest BCUT2D eigenvalue weighted by Crippen LogP contribution is 2.42. The van der Waals surface area contributed by atoms with Gasteiger partial charge in [-0.25, -0.2) is 0 Å². The Morgan fingerprint density at radius 2 is 1.58 bits per heavy atom. The Labute approximate surface area is 283 Å². The van der Waals surface area contributed by atoms with Gasteiger partial charge in [-0.2, -0.15) is 0 Å². The zero-order valence-corrected chi connectivity index (χ0v) is 27.9. The average Bonchev–Trinajstić information content (AvgIpc) is 3.61. The number of para-hydroxylation sites is 1. The van der Waals surface area contributed by atoms with Gasteiger partial charge < -0.3 is 20.7 Å². The fraction of sp³-hybridized carbons (Fsp3) is 0.341. The van der Waals surface area contributed by atoms with Crippen molar-refractivity contribution < 1.29 is 19.1 Å². The molecule has 1 unspecified atom stereocenters. The number of fused-ring (bicyclic) bond motifs is 3. The lowest BCUT2D eigenvalue weighted by atomic mass is 9.80. The highest BCUT2D eigenvalue weighted by molar-refractivity contribution is 6.06. The van der Waals surface area contributed by atoms with E-state index in [1.165, 1.54) is 0 Å². The number of nitrogens with one attached hydrogen (secondary N) is 1. The molecule has 1 fully saturated rings. The Hall–Kier alpha value is -4.91. The van der Waals surface area contributed by atoms with Crippen LogP contribution in [0.15, 0.2) is 97.1 Å². The fourth-order valence-corrected chi connectivity index (χ4v) is 7.62. The van der Waals surface area contributed by atoms with Gasteiger partial charge in [-0.1, -0.05) is 112 Å². The number of rotatable bonds is 12. The lowest BCUT2D eigenvalue weighted by molar-refractivity contribution is -0.136. The minimum Gasteiger partial charge on any atom is -0.497 e. The molecular weight excluding hydrogens is 598 g/mol. The van der Waals surface area contributed by atoms with E-state index in [9.17, 15) is 14.4 Å². The van der Waals surface area contributed by atoms with E-state index in [-0.39, 0.29) is 11.8 Å². The van der Waals surface area contributed by atoms with Crippen LogP contribution in [0, 0.1) is 17.8 Å². The summed E-state index contributed by atoms with van der Waals surface area (Å²) in [6.07, 6.45) is 6.24. The number of carbonyl (C=O) groups is 3. The monoisotopic (exact) mass is 643 g/mol. The van der Waals surface area contributed by atoms with Gasteiger partial charge in [0.1, 0.15) is 11.8 Å². The Balaban J connectivity index is 1.37. The molecule has 0 radical (unpaired) electrons. The number of nitrogens with zero attached hydrogens (tertiary/aromatic N) is 1. The molecular formula is C41H45N3O4. The van der Waals surface area contributed by atoms with Crippen LogP contribution in [0.2, 0.25) is 0 Å². The maximum absolute atomic E-state index is 14.8. The number of hydrogen-bond acceptors (Lipinski definition) is 4. The van der Waals surface area contributed by atoms with Gasteiger partial charge in [0.2, 0.25) is 11.8 Å². The molecule has 3 N–H and O–H groups in total. The molecule has 2 aliphatic rings. The van der Waals surface area contributed by atoms with Crippen molar-refractivity contribution in [2.24, 2.45) is 23.5 Å². The van der Waals surface area contributed by atoms with Crippen LogP contribution in [0.5, 0.6) is 5.75 Å². The summed E-state index contributed by atoms with van der Waals surface area (Å²) in [4.78, 5) is 43.7. The molecule has 248 valence electrons. The minimum atomic E-state index is -0.938. The van der Waals surface area contributed by atoms with E-state index in [2.05, 4.69) is 17.4 Å². The molecule has 0 aromatic heterocycles. The smallest absolute Gasteiger partial charge is 0.254 e. The van der Waals surface area contributed by atoms with Gasteiger partial charge >= 0.3 is 0 Å². The van der Waals surface area contributed by atoms with Gasteiger partial charge in [-0.3, -0.25) is 14.4 Å². The number of amides is 3. The Bertz CT molecular complexity index is 1760. The molecule has 0 bridgehead atoms. The van der Waals surface area contributed by atoms with E-state index in [0.29, 0.717) is 25.3 Å². The van der Waals surface area contributed by atoms with E-state index in [4.69, 9.17) is 10.5 Å². The lowest BCUT2D eigenvalue weighted by Crippen LogP contribution is -2.47. The number of ether oxygens (including phenoxy) is 1. The second kappa shape index (κ2) is 14.9. The number of carbonyl (C=O) groups excluding carboxylic acids is 3. The van der Waals surface area contributed by atoms with Gasteiger partial charge in [0.15, 0.2) is 0 Å². The van der Waals surface area contributed by atoms with Gasteiger partial charge in [-0.15, -0.1) is 0 Å². The van der Waals surface area contributed by atoms with Crippen molar-refractivity contribution >= 4 is 23.4 Å². The van der Waals surface area contributed by atoms with Crippen molar-refractivity contribution in [1.82, 2.24) is 5.32 Å². The molecule has 3 amide bonds. The molecule has 48 heavy (non-hydrogen) atoms. The van der Waals surface area contributed by atoms with Gasteiger partial charge in [0.05, 0.1) is 19.3 Å². The zero-order chi connectivity index (χ0) is 33.6. The van der Waals surface area contributed by atoms with Crippen molar-refractivity contribution in [2.45, 2.75) is 64.5 Å². The maximum atomic E-state index is 14.8. The number of benzene rings is 4. The van der Waals surface area contributed by atoms with E-state index in [0.717, 1.165) is 76.9 Å². The highest BCUT2D eigenvalue weighted by atomic mass is 16.5. The van der Waals surface area contributed by atoms with Crippen LogP contribution in [0.3, 0.4) is 0 Å². The summed E-state index contributed by atoms with van der Waals surface area (Å²) >= 11 is 0. The van der Waals surface area contributed by atoms with Crippen molar-refractivity contribution in [1.29, 1.82) is 0 Å². The van der Waals surface area contributed by atoms with Crippen molar-refractivity contribution in [3.63, 3.8) is 0 Å². The summed E-state index contributed by atoms with van der Waals surface area (Å²) in [5.74, 6) is -0.965. The number of nitrogens with two attached hydrogens (primary N) is 1. The molecule has 6 rings (SSSR count). The van der Waals surface area contributed by atoms with Gasteiger partial charge in [0, 0.05) is 17.4 Å². The highest BCUT2D eigenvalue weighted by Gasteiger charge is 2.39. The third-order valence-electron chi connectivity index (χ3n) is 10.1. The Morgan fingerprint density at radius 1 is 0.875 bits per heavy atom. The van der Waals surface area contributed by atoms with Crippen LogP contribution in [0.1, 0.15) is 69.0 Å². The molecule has 4 aromatic rings. The molecule has 1 saturated carbocycles. The SMILES string of the molecule is CCC[C@H](C(N)=O)[C@@H](CC1CCCC1)C(=O)NC1C(=O)N(Cc2cccc(-c3ccc(OC)cc3)c2)c2ccccc2-c2ccccc21. The normalized spacial score (nSPS) is 17.2. The number of hydrogen-bond donors (Lipinski definition) is 2. The largest absolute Gasteiger partial charge is 0.497 e. The van der Waals surface area contributed by atoms with E-state index >= 15 is 0 Å². The Morgan fingerprint density at radius 3 is 2.29 bits per heavy atom. The molecule has 4 aromatic carbocycles. The molecule has 0 spiro atoms. The predicted octanol–water partition coefficient (Wildman–Crippen LogP) is 7.83. The molecule has 7 nitrogen and oxygen atoms in total. The van der Waals surface area contributed by atoms with E-state index in [1.807, 2.05) is 91.9 Å². The van der Waals surface area contributed by atoms with Gasteiger partial charge in [0.25, 0.3) is 5.91 Å². The van der Waals surface area contributed by atoms with Crippen molar-refractivity contribution in [3.05, 3.63) is 108 Å². The standard InChI is InChI=1S/C41H45N3O4/c1-3-11-35(39(42)45)36(25-27-12-4-5-13-27)40(46)43-38-34-18-7-6-16-32(34)33-17-8-9-19-37(33)44(41(38)47)26-28-14-10-15-30(24-28)29-20-22-31(48-2)23-21-29/h6-10,14-24,27,35-36,38H,3-5,11-13,25-26H2,1-2H3,(H2,42,45)(H,43,46)/t35-,36+,38?/m0/s1. The topological polar surface area (TPSA) is 102 Å². The average molecular weight is 644 g/mol.